The molecule has 0 unspecified atom stereocenters. The molecule has 0 aliphatic heterocycles. The Morgan fingerprint density at radius 1 is 0.868 bits per heavy atom. The molecule has 0 fully saturated rings. The van der Waals surface area contributed by atoms with Crippen molar-refractivity contribution in [2.75, 3.05) is 12.4 Å². The molecule has 190 valence electrons. The summed E-state index contributed by atoms with van der Waals surface area (Å²) in [5.41, 5.74) is 2.08. The number of hydrogen-bond donors (Lipinski definition) is 1. The molecular weight excluding hydrogens is 485 g/mol. The Morgan fingerprint density at radius 2 is 1.61 bits per heavy atom. The monoisotopic (exact) mass is 509 g/mol. The number of amides is 1. The lowest BCUT2D eigenvalue weighted by Crippen LogP contribution is -2.39. The van der Waals surface area contributed by atoms with E-state index in [2.05, 4.69) is 5.32 Å². The third kappa shape index (κ3) is 5.10. The summed E-state index contributed by atoms with van der Waals surface area (Å²) >= 11 is 0. The number of nitrogens with zero attached hydrogens (tertiary/aromatic N) is 2. The molecule has 4 aromatic carbocycles. The Morgan fingerprint density at radius 3 is 2.34 bits per heavy atom. The maximum absolute atomic E-state index is 13.7. The third-order valence-electron chi connectivity index (χ3n) is 6.21. The van der Waals surface area contributed by atoms with E-state index in [4.69, 9.17) is 4.74 Å². The van der Waals surface area contributed by atoms with Crippen molar-refractivity contribution in [2.24, 2.45) is 0 Å². The van der Waals surface area contributed by atoms with Crippen molar-refractivity contribution in [3.05, 3.63) is 135 Å². The minimum atomic E-state index is -0.474. The molecule has 0 radical (unpaired) electrons. The van der Waals surface area contributed by atoms with Crippen LogP contribution in [0.1, 0.15) is 11.1 Å². The van der Waals surface area contributed by atoms with E-state index in [1.165, 1.54) is 24.3 Å². The van der Waals surface area contributed by atoms with Gasteiger partial charge >= 0.3 is 5.69 Å². The Balaban J connectivity index is 1.47. The summed E-state index contributed by atoms with van der Waals surface area (Å²) in [4.78, 5) is 39.5. The van der Waals surface area contributed by atoms with Gasteiger partial charge in [0.25, 0.3) is 5.56 Å². The number of benzene rings is 4. The Hall–Kier alpha value is -4.98. The largest absolute Gasteiger partial charge is 0.497 e. The number of nitrogens with one attached hydrogen (secondary N) is 1. The average molecular weight is 510 g/mol. The molecule has 8 heteroatoms. The van der Waals surface area contributed by atoms with Crippen molar-refractivity contribution in [2.45, 2.75) is 13.0 Å². The summed E-state index contributed by atoms with van der Waals surface area (Å²) in [5.74, 6) is 0.0187. The topological polar surface area (TPSA) is 82.3 Å². The fraction of sp³-hybridized carbons (Fsp3) is 0.100. The number of ether oxygens (including phenoxy) is 1. The fourth-order valence-electron chi connectivity index (χ4n) is 4.34. The molecular formula is C30H24FN3O4. The van der Waals surface area contributed by atoms with Crippen molar-refractivity contribution in [1.82, 2.24) is 9.13 Å². The minimum absolute atomic E-state index is 0.0738. The van der Waals surface area contributed by atoms with E-state index in [1.54, 1.807) is 60.2 Å². The van der Waals surface area contributed by atoms with Gasteiger partial charge in [0, 0.05) is 5.69 Å². The number of carbonyl (C=O) groups excluding carboxylic acids is 1. The van der Waals surface area contributed by atoms with Crippen LogP contribution in [0.5, 0.6) is 5.75 Å². The Kier molecular flexibility index (Phi) is 6.86. The van der Waals surface area contributed by atoms with Gasteiger partial charge in [-0.05, 0) is 71.8 Å². The lowest BCUT2D eigenvalue weighted by Gasteiger charge is -2.15. The molecule has 1 amide bonds. The zero-order chi connectivity index (χ0) is 26.6. The van der Waals surface area contributed by atoms with Crippen molar-refractivity contribution in [1.29, 1.82) is 0 Å². The van der Waals surface area contributed by atoms with Crippen molar-refractivity contribution >= 4 is 22.5 Å². The highest BCUT2D eigenvalue weighted by atomic mass is 19.1. The van der Waals surface area contributed by atoms with Gasteiger partial charge in [-0.3, -0.25) is 14.2 Å². The maximum atomic E-state index is 13.7. The number of methoxy groups -OCH3 is 1. The number of fused-ring (bicyclic) bond motifs is 1. The smallest absolute Gasteiger partial charge is 0.336 e. The zero-order valence-electron chi connectivity index (χ0n) is 20.6. The van der Waals surface area contributed by atoms with Crippen LogP contribution in [0.4, 0.5) is 10.1 Å². The summed E-state index contributed by atoms with van der Waals surface area (Å²) in [6.07, 6.45) is 0.0738. The van der Waals surface area contributed by atoms with Crippen LogP contribution in [0.2, 0.25) is 0 Å². The number of rotatable bonds is 7. The second-order valence-corrected chi connectivity index (χ2v) is 8.78. The molecule has 0 bridgehead atoms. The van der Waals surface area contributed by atoms with Crippen LogP contribution < -0.4 is 21.3 Å². The highest BCUT2D eigenvalue weighted by Crippen LogP contribution is 2.17. The first-order valence-corrected chi connectivity index (χ1v) is 12.0. The molecule has 0 atom stereocenters. The molecule has 38 heavy (non-hydrogen) atoms. The SMILES string of the molecule is COc1cccc(Cn2c(=O)n(-c3ccc(CC(=O)Nc4ccc(F)cc4)cc3)c(=O)c3ccccc32)c1. The highest BCUT2D eigenvalue weighted by Gasteiger charge is 2.15. The van der Waals surface area contributed by atoms with Crippen LogP contribution in [0.3, 0.4) is 0 Å². The van der Waals surface area contributed by atoms with Gasteiger partial charge in [-0.25, -0.2) is 13.8 Å². The van der Waals surface area contributed by atoms with E-state index < -0.39 is 11.2 Å². The average Bonchev–Trinajstić information content (AvgIpc) is 2.93. The van der Waals surface area contributed by atoms with Gasteiger partial charge in [-0.2, -0.15) is 0 Å². The van der Waals surface area contributed by atoms with Crippen LogP contribution in [-0.2, 0) is 17.8 Å². The van der Waals surface area contributed by atoms with Crippen LogP contribution in [0.25, 0.3) is 16.6 Å². The lowest BCUT2D eigenvalue weighted by atomic mass is 10.1. The first-order valence-electron chi connectivity index (χ1n) is 12.0. The first kappa shape index (κ1) is 24.7. The number of aromatic nitrogens is 2. The summed E-state index contributed by atoms with van der Waals surface area (Å²) in [6, 6.07) is 26.6. The predicted octanol–water partition coefficient (Wildman–Crippen LogP) is 4.53. The first-order chi connectivity index (χ1) is 18.4. The molecule has 5 aromatic rings. The lowest BCUT2D eigenvalue weighted by molar-refractivity contribution is -0.115. The van der Waals surface area contributed by atoms with Gasteiger partial charge in [0.15, 0.2) is 0 Å². The third-order valence-corrected chi connectivity index (χ3v) is 6.21. The molecule has 1 N–H and O–H groups in total. The minimum Gasteiger partial charge on any atom is -0.497 e. The standard InChI is InChI=1S/C30H24FN3O4/c1-38-25-6-4-5-21(17-25)19-33-27-8-3-2-7-26(27)29(36)34(30(33)37)24-15-9-20(10-16-24)18-28(35)32-23-13-11-22(31)12-14-23/h2-17H,18-19H2,1H3,(H,32,35). The molecule has 0 aliphatic rings. The predicted molar refractivity (Wildman–Crippen MR) is 145 cm³/mol. The van der Waals surface area contributed by atoms with Crippen LogP contribution in [0.15, 0.2) is 107 Å². The van der Waals surface area contributed by atoms with Gasteiger partial charge in [0.1, 0.15) is 11.6 Å². The number of carbonyl (C=O) groups is 1. The molecule has 0 saturated carbocycles. The Labute approximate surface area is 217 Å². The molecule has 1 aromatic heterocycles. The number of halogens is 1. The molecule has 0 spiro atoms. The van der Waals surface area contributed by atoms with E-state index in [1.807, 2.05) is 24.3 Å². The second-order valence-electron chi connectivity index (χ2n) is 8.78. The van der Waals surface area contributed by atoms with E-state index in [-0.39, 0.29) is 24.7 Å². The number of para-hydroxylation sites is 1. The summed E-state index contributed by atoms with van der Waals surface area (Å²) < 4.78 is 21.1. The molecule has 0 saturated heterocycles. The van der Waals surface area contributed by atoms with Crippen molar-refractivity contribution in [3.63, 3.8) is 0 Å². The second kappa shape index (κ2) is 10.6. The summed E-state index contributed by atoms with van der Waals surface area (Å²) in [6.45, 7) is 0.248. The van der Waals surface area contributed by atoms with Gasteiger partial charge in [0.05, 0.1) is 36.7 Å². The number of anilines is 1. The fourth-order valence-corrected chi connectivity index (χ4v) is 4.34. The molecule has 7 nitrogen and oxygen atoms in total. The van der Waals surface area contributed by atoms with E-state index in [9.17, 15) is 18.8 Å². The van der Waals surface area contributed by atoms with Crippen molar-refractivity contribution in [3.8, 4) is 11.4 Å². The van der Waals surface area contributed by atoms with Crippen LogP contribution >= 0.6 is 0 Å². The number of hydrogen-bond acceptors (Lipinski definition) is 4. The normalized spacial score (nSPS) is 10.9. The molecule has 5 rings (SSSR count). The van der Waals surface area contributed by atoms with Gasteiger partial charge in [0.2, 0.25) is 5.91 Å². The maximum Gasteiger partial charge on any atom is 0.336 e. The van der Waals surface area contributed by atoms with Crippen LogP contribution in [0, 0.1) is 5.82 Å². The van der Waals surface area contributed by atoms with Gasteiger partial charge < -0.3 is 10.1 Å². The van der Waals surface area contributed by atoms with E-state index >= 15 is 0 Å². The quantitative estimate of drug-likeness (QED) is 0.350. The van der Waals surface area contributed by atoms with E-state index in [0.717, 1.165) is 10.1 Å². The van der Waals surface area contributed by atoms with Crippen LogP contribution in [-0.4, -0.2) is 22.2 Å². The summed E-state index contributed by atoms with van der Waals surface area (Å²) in [7, 11) is 1.58. The molecule has 0 aliphatic carbocycles. The van der Waals surface area contributed by atoms with Crippen molar-refractivity contribution < 1.29 is 13.9 Å². The summed E-state index contributed by atoms with van der Waals surface area (Å²) in [5, 5.41) is 3.13. The zero-order valence-corrected chi connectivity index (χ0v) is 20.6. The van der Waals surface area contributed by atoms with E-state index in [0.29, 0.717) is 33.6 Å². The molecule has 1 heterocycles. The van der Waals surface area contributed by atoms with Gasteiger partial charge in [-0.1, -0.05) is 36.4 Å². The highest BCUT2D eigenvalue weighted by molar-refractivity contribution is 5.92. The Bertz CT molecular complexity index is 1740. The van der Waals surface area contributed by atoms with Gasteiger partial charge in [-0.15, -0.1) is 0 Å².